The van der Waals surface area contributed by atoms with Crippen molar-refractivity contribution in [3.05, 3.63) is 0 Å². The lowest BCUT2D eigenvalue weighted by Crippen LogP contribution is -2.15. The second-order valence-corrected chi connectivity index (χ2v) is 7.07. The maximum Gasteiger partial charge on any atom is 0.113 e. The molecule has 0 saturated heterocycles. The standard InChI is InChI=1S/C22H44ClFO8/c23-5-3-1-2-4-7-25-9-11-27-13-15-29-17-19-31-21-22-32-20-18-30-16-14-28-12-10-26-8-6-24/h1-22H2. The van der Waals surface area contributed by atoms with Crippen molar-refractivity contribution in [1.29, 1.82) is 0 Å². The molecule has 0 unspecified atom stereocenters. The summed E-state index contributed by atoms with van der Waals surface area (Å²) in [5.41, 5.74) is 0. The Kier molecular flexibility index (Phi) is 30.8. The summed E-state index contributed by atoms with van der Waals surface area (Å²) in [5, 5.41) is 0. The van der Waals surface area contributed by atoms with Crippen molar-refractivity contribution in [3.63, 3.8) is 0 Å². The Morgan fingerprint density at radius 3 is 0.938 bits per heavy atom. The molecule has 0 rings (SSSR count). The number of unbranched alkanes of at least 4 members (excludes halogenated alkanes) is 3. The summed E-state index contributed by atoms with van der Waals surface area (Å²) in [6, 6.07) is 0. The lowest BCUT2D eigenvalue weighted by atomic mass is 10.2. The normalized spacial score (nSPS) is 11.4. The highest BCUT2D eigenvalue weighted by Gasteiger charge is 1.95. The molecule has 0 fully saturated rings. The quantitative estimate of drug-likeness (QED) is 0.117. The first-order chi connectivity index (χ1) is 15.9. The lowest BCUT2D eigenvalue weighted by molar-refractivity contribution is -0.0233. The molecule has 0 aliphatic rings. The van der Waals surface area contributed by atoms with Crippen molar-refractivity contribution in [1.82, 2.24) is 0 Å². The lowest BCUT2D eigenvalue weighted by Gasteiger charge is -2.08. The second-order valence-electron chi connectivity index (χ2n) is 6.69. The van der Waals surface area contributed by atoms with Crippen LogP contribution in [0.2, 0.25) is 0 Å². The number of hydrogen-bond acceptors (Lipinski definition) is 8. The predicted molar refractivity (Wildman–Crippen MR) is 122 cm³/mol. The highest BCUT2D eigenvalue weighted by Crippen LogP contribution is 2.01. The van der Waals surface area contributed by atoms with E-state index in [-0.39, 0.29) is 6.61 Å². The molecule has 32 heavy (non-hydrogen) atoms. The zero-order valence-electron chi connectivity index (χ0n) is 19.6. The van der Waals surface area contributed by atoms with Crippen LogP contribution in [0, 0.1) is 0 Å². The fraction of sp³-hybridized carbons (Fsp3) is 1.00. The molecule has 0 aromatic heterocycles. The van der Waals surface area contributed by atoms with Gasteiger partial charge in [0, 0.05) is 12.5 Å². The van der Waals surface area contributed by atoms with Crippen LogP contribution in [-0.2, 0) is 37.9 Å². The van der Waals surface area contributed by atoms with Crippen LogP contribution in [0.3, 0.4) is 0 Å². The van der Waals surface area contributed by atoms with Gasteiger partial charge in [-0.2, -0.15) is 0 Å². The van der Waals surface area contributed by atoms with Gasteiger partial charge in [0.1, 0.15) is 6.67 Å². The molecule has 0 aromatic carbocycles. The molecule has 0 aliphatic carbocycles. The van der Waals surface area contributed by atoms with Crippen molar-refractivity contribution in [2.45, 2.75) is 25.7 Å². The van der Waals surface area contributed by atoms with Crippen LogP contribution < -0.4 is 0 Å². The van der Waals surface area contributed by atoms with Gasteiger partial charge in [-0.25, -0.2) is 4.39 Å². The fourth-order valence-corrected chi connectivity index (χ4v) is 2.54. The van der Waals surface area contributed by atoms with Gasteiger partial charge < -0.3 is 37.9 Å². The van der Waals surface area contributed by atoms with E-state index in [9.17, 15) is 4.39 Å². The van der Waals surface area contributed by atoms with Crippen LogP contribution in [0.4, 0.5) is 4.39 Å². The van der Waals surface area contributed by atoms with Crippen molar-refractivity contribution < 1.29 is 42.3 Å². The summed E-state index contributed by atoms with van der Waals surface area (Å²) in [5.74, 6) is 0.745. The van der Waals surface area contributed by atoms with Crippen LogP contribution >= 0.6 is 11.6 Å². The van der Waals surface area contributed by atoms with Crippen molar-refractivity contribution >= 4 is 11.6 Å². The van der Waals surface area contributed by atoms with Crippen LogP contribution in [0.5, 0.6) is 0 Å². The van der Waals surface area contributed by atoms with Crippen LogP contribution in [0.25, 0.3) is 0 Å². The molecule has 0 amide bonds. The number of ether oxygens (including phenoxy) is 8. The maximum absolute atomic E-state index is 11.8. The van der Waals surface area contributed by atoms with Crippen molar-refractivity contribution in [2.24, 2.45) is 0 Å². The molecule has 0 bridgehead atoms. The highest BCUT2D eigenvalue weighted by molar-refractivity contribution is 6.17. The Morgan fingerprint density at radius 1 is 0.344 bits per heavy atom. The number of alkyl halides is 2. The third kappa shape index (κ3) is 29.9. The van der Waals surface area contributed by atoms with Gasteiger partial charge in [0.15, 0.2) is 0 Å². The van der Waals surface area contributed by atoms with Gasteiger partial charge in [-0.15, -0.1) is 11.6 Å². The van der Waals surface area contributed by atoms with E-state index < -0.39 is 6.67 Å². The Hall–Kier alpha value is -0.100. The van der Waals surface area contributed by atoms with Crippen LogP contribution in [0.1, 0.15) is 25.7 Å². The molecule has 0 aliphatic heterocycles. The van der Waals surface area contributed by atoms with E-state index in [4.69, 9.17) is 49.5 Å². The van der Waals surface area contributed by atoms with Gasteiger partial charge >= 0.3 is 0 Å². The Balaban J connectivity index is 2.98. The summed E-state index contributed by atoms with van der Waals surface area (Å²) in [4.78, 5) is 0. The molecular formula is C22H44ClFO8. The maximum atomic E-state index is 11.8. The van der Waals surface area contributed by atoms with Gasteiger partial charge in [-0.05, 0) is 12.8 Å². The predicted octanol–water partition coefficient (Wildman–Crippen LogP) is 2.89. The molecule has 194 valence electrons. The highest BCUT2D eigenvalue weighted by atomic mass is 35.5. The largest absolute Gasteiger partial charge is 0.379 e. The Morgan fingerprint density at radius 2 is 0.625 bits per heavy atom. The first-order valence-corrected chi connectivity index (χ1v) is 12.2. The smallest absolute Gasteiger partial charge is 0.113 e. The second kappa shape index (κ2) is 30.9. The summed E-state index contributed by atoms with van der Waals surface area (Å²) in [6.45, 7) is 7.67. The van der Waals surface area contributed by atoms with E-state index in [0.717, 1.165) is 25.3 Å². The van der Waals surface area contributed by atoms with E-state index in [2.05, 4.69) is 0 Å². The zero-order chi connectivity index (χ0) is 23.2. The van der Waals surface area contributed by atoms with Crippen molar-refractivity contribution in [2.75, 3.05) is 118 Å². The van der Waals surface area contributed by atoms with Gasteiger partial charge in [0.2, 0.25) is 0 Å². The molecular weight excluding hydrogens is 447 g/mol. The summed E-state index contributed by atoms with van der Waals surface area (Å²) in [6.07, 6.45) is 4.50. The third-order valence-electron chi connectivity index (χ3n) is 4.00. The van der Waals surface area contributed by atoms with Gasteiger partial charge in [0.25, 0.3) is 0 Å². The molecule has 0 radical (unpaired) electrons. The van der Waals surface area contributed by atoms with E-state index in [1.807, 2.05) is 0 Å². The Labute approximate surface area is 198 Å². The fourth-order valence-electron chi connectivity index (χ4n) is 2.35. The average molecular weight is 491 g/mol. The minimum atomic E-state index is -0.467. The SMILES string of the molecule is FCCOCCOCCOCCOCCOCCOCCOCCOCCCCCCCl. The molecule has 8 nitrogen and oxygen atoms in total. The topological polar surface area (TPSA) is 73.8 Å². The Bertz CT molecular complexity index is 302. The first-order valence-electron chi connectivity index (χ1n) is 11.7. The zero-order valence-corrected chi connectivity index (χ0v) is 20.3. The molecule has 0 atom stereocenters. The summed E-state index contributed by atoms with van der Waals surface area (Å²) in [7, 11) is 0. The van der Waals surface area contributed by atoms with Gasteiger partial charge in [-0.3, -0.25) is 0 Å². The van der Waals surface area contributed by atoms with Crippen LogP contribution in [0.15, 0.2) is 0 Å². The summed E-state index contributed by atoms with van der Waals surface area (Å²) >= 11 is 5.63. The number of hydrogen-bond donors (Lipinski definition) is 0. The summed E-state index contributed by atoms with van der Waals surface area (Å²) < 4.78 is 54.6. The molecule has 0 N–H and O–H groups in total. The molecule has 0 spiro atoms. The van der Waals surface area contributed by atoms with E-state index in [1.54, 1.807) is 0 Å². The molecule has 0 aromatic rings. The van der Waals surface area contributed by atoms with Crippen molar-refractivity contribution in [3.8, 4) is 0 Å². The van der Waals surface area contributed by atoms with E-state index >= 15 is 0 Å². The molecule has 0 heterocycles. The third-order valence-corrected chi connectivity index (χ3v) is 4.27. The minimum absolute atomic E-state index is 0.121. The first kappa shape index (κ1) is 31.9. The minimum Gasteiger partial charge on any atom is -0.379 e. The molecule has 10 heteroatoms. The monoisotopic (exact) mass is 490 g/mol. The average Bonchev–Trinajstić information content (AvgIpc) is 2.81. The van der Waals surface area contributed by atoms with Crippen LogP contribution in [-0.4, -0.2) is 118 Å². The van der Waals surface area contributed by atoms with Gasteiger partial charge in [0.05, 0.1) is 99.1 Å². The van der Waals surface area contributed by atoms with E-state index in [0.29, 0.717) is 92.5 Å². The van der Waals surface area contributed by atoms with Gasteiger partial charge in [-0.1, -0.05) is 12.8 Å². The molecule has 0 saturated carbocycles. The number of halogens is 2. The van der Waals surface area contributed by atoms with E-state index in [1.165, 1.54) is 12.8 Å². The number of rotatable bonds is 29.